The zero-order valence-corrected chi connectivity index (χ0v) is 15.9. The number of rotatable bonds is 9. The van der Waals surface area contributed by atoms with Gasteiger partial charge >= 0.3 is 5.97 Å². The lowest BCUT2D eigenvalue weighted by Crippen LogP contribution is -2.08. The van der Waals surface area contributed by atoms with E-state index in [1.807, 2.05) is 67.6 Å². The maximum absolute atomic E-state index is 12.1. The van der Waals surface area contributed by atoms with Crippen molar-refractivity contribution in [3.05, 3.63) is 78.1 Å². The Morgan fingerprint density at radius 1 is 1.07 bits per heavy atom. The van der Waals surface area contributed by atoms with Gasteiger partial charge in [0.05, 0.1) is 20.5 Å². The average molecular weight is 367 g/mol. The molecule has 0 radical (unpaired) electrons. The van der Waals surface area contributed by atoms with Crippen molar-refractivity contribution in [2.45, 2.75) is 13.5 Å². The second-order valence-corrected chi connectivity index (χ2v) is 5.68. The Bertz CT molecular complexity index is 794. The van der Waals surface area contributed by atoms with Gasteiger partial charge in [-0.15, -0.1) is 0 Å². The van der Waals surface area contributed by atoms with E-state index in [-0.39, 0.29) is 0 Å². The van der Waals surface area contributed by atoms with Crippen molar-refractivity contribution >= 4 is 17.2 Å². The summed E-state index contributed by atoms with van der Waals surface area (Å²) in [5.41, 5.74) is 2.96. The molecule has 1 N–H and O–H groups in total. The maximum atomic E-state index is 12.1. The number of hydrogen-bond acceptors (Lipinski definition) is 5. The van der Waals surface area contributed by atoms with E-state index in [1.165, 1.54) is 20.5 Å². The van der Waals surface area contributed by atoms with Gasteiger partial charge in [0.15, 0.2) is 0 Å². The molecule has 5 nitrogen and oxygen atoms in total. The van der Waals surface area contributed by atoms with Gasteiger partial charge in [-0.3, -0.25) is 0 Å². The van der Waals surface area contributed by atoms with Crippen molar-refractivity contribution < 1.29 is 19.0 Å². The minimum absolute atomic E-state index is 0.319. The zero-order valence-electron chi connectivity index (χ0n) is 15.9. The molecule has 2 aromatic rings. The SMILES string of the molecule is C/C=C/CNc1ccc(OCc2ccccc2/C(=C\OC)C(=O)OC)cc1. The van der Waals surface area contributed by atoms with Gasteiger partial charge in [0.1, 0.15) is 17.9 Å². The average Bonchev–Trinajstić information content (AvgIpc) is 2.71. The van der Waals surface area contributed by atoms with Crippen LogP contribution in [0, 0.1) is 0 Å². The summed E-state index contributed by atoms with van der Waals surface area (Å²) in [6, 6.07) is 15.3. The van der Waals surface area contributed by atoms with Gasteiger partial charge in [0.2, 0.25) is 0 Å². The first kappa shape index (κ1) is 20.1. The van der Waals surface area contributed by atoms with E-state index in [0.29, 0.717) is 12.2 Å². The summed E-state index contributed by atoms with van der Waals surface area (Å²) in [5, 5.41) is 3.29. The Hall–Kier alpha value is -3.21. The predicted molar refractivity (Wildman–Crippen MR) is 108 cm³/mol. The van der Waals surface area contributed by atoms with Crippen LogP contribution in [0.25, 0.3) is 5.57 Å². The minimum atomic E-state index is -0.458. The number of anilines is 1. The van der Waals surface area contributed by atoms with E-state index in [9.17, 15) is 4.79 Å². The van der Waals surface area contributed by atoms with Gasteiger partial charge in [-0.2, -0.15) is 0 Å². The molecule has 0 heterocycles. The number of hydrogen-bond donors (Lipinski definition) is 1. The lowest BCUT2D eigenvalue weighted by molar-refractivity contribution is -0.133. The van der Waals surface area contributed by atoms with E-state index in [4.69, 9.17) is 14.2 Å². The second-order valence-electron chi connectivity index (χ2n) is 5.68. The van der Waals surface area contributed by atoms with Crippen molar-refractivity contribution in [1.29, 1.82) is 0 Å². The topological polar surface area (TPSA) is 56.8 Å². The highest BCUT2D eigenvalue weighted by atomic mass is 16.5. The Morgan fingerprint density at radius 2 is 1.81 bits per heavy atom. The molecule has 2 rings (SSSR count). The highest BCUT2D eigenvalue weighted by Gasteiger charge is 2.16. The van der Waals surface area contributed by atoms with Gasteiger partial charge in [-0.1, -0.05) is 36.4 Å². The molecule has 0 fully saturated rings. The van der Waals surface area contributed by atoms with Crippen molar-refractivity contribution in [2.75, 3.05) is 26.1 Å². The first-order chi connectivity index (χ1) is 13.2. The van der Waals surface area contributed by atoms with Gasteiger partial charge in [0.25, 0.3) is 0 Å². The fraction of sp³-hybridized carbons (Fsp3) is 0.227. The van der Waals surface area contributed by atoms with Crippen LogP contribution in [0.1, 0.15) is 18.1 Å². The van der Waals surface area contributed by atoms with Crippen molar-refractivity contribution in [3.63, 3.8) is 0 Å². The molecule has 0 aliphatic rings. The molecule has 0 saturated carbocycles. The molecule has 0 bridgehead atoms. The van der Waals surface area contributed by atoms with Crippen LogP contribution in [0.5, 0.6) is 5.75 Å². The molecular weight excluding hydrogens is 342 g/mol. The molecule has 0 amide bonds. The van der Waals surface area contributed by atoms with Crippen LogP contribution < -0.4 is 10.1 Å². The largest absolute Gasteiger partial charge is 0.503 e. The molecule has 2 aromatic carbocycles. The summed E-state index contributed by atoms with van der Waals surface area (Å²) >= 11 is 0. The number of ether oxygens (including phenoxy) is 3. The van der Waals surface area contributed by atoms with Gasteiger partial charge < -0.3 is 19.5 Å². The third-order valence-corrected chi connectivity index (χ3v) is 3.86. The third-order valence-electron chi connectivity index (χ3n) is 3.86. The quantitative estimate of drug-likeness (QED) is 0.308. The highest BCUT2D eigenvalue weighted by molar-refractivity contribution is 6.16. The van der Waals surface area contributed by atoms with Crippen LogP contribution in [-0.2, 0) is 20.9 Å². The molecular formula is C22H25NO4. The molecule has 5 heteroatoms. The minimum Gasteiger partial charge on any atom is -0.503 e. The summed E-state index contributed by atoms with van der Waals surface area (Å²) in [4.78, 5) is 12.1. The number of allylic oxidation sites excluding steroid dienone is 1. The number of esters is 1. The van der Waals surface area contributed by atoms with Crippen molar-refractivity contribution in [3.8, 4) is 5.75 Å². The van der Waals surface area contributed by atoms with Crippen molar-refractivity contribution in [2.24, 2.45) is 0 Å². The third kappa shape index (κ3) is 5.92. The smallest absolute Gasteiger partial charge is 0.341 e. The molecule has 142 valence electrons. The van der Waals surface area contributed by atoms with E-state index in [1.54, 1.807) is 0 Å². The van der Waals surface area contributed by atoms with Crippen LogP contribution in [0.3, 0.4) is 0 Å². The van der Waals surface area contributed by atoms with E-state index in [0.717, 1.165) is 29.1 Å². The fourth-order valence-electron chi connectivity index (χ4n) is 2.48. The zero-order chi connectivity index (χ0) is 19.5. The summed E-state index contributed by atoms with van der Waals surface area (Å²) in [6.07, 6.45) is 5.44. The predicted octanol–water partition coefficient (Wildman–Crippen LogP) is 4.41. The Morgan fingerprint density at radius 3 is 2.48 bits per heavy atom. The molecule has 0 atom stereocenters. The van der Waals surface area contributed by atoms with Crippen LogP contribution in [-0.4, -0.2) is 26.7 Å². The van der Waals surface area contributed by atoms with Gasteiger partial charge in [-0.25, -0.2) is 4.79 Å². The lowest BCUT2D eigenvalue weighted by atomic mass is 10.0. The molecule has 0 aliphatic heterocycles. The monoisotopic (exact) mass is 367 g/mol. The van der Waals surface area contributed by atoms with Crippen molar-refractivity contribution in [1.82, 2.24) is 0 Å². The van der Waals surface area contributed by atoms with Crippen LogP contribution in [0.4, 0.5) is 5.69 Å². The first-order valence-electron chi connectivity index (χ1n) is 8.67. The van der Waals surface area contributed by atoms with Gasteiger partial charge in [0, 0.05) is 12.2 Å². The summed E-state index contributed by atoms with van der Waals surface area (Å²) in [6.45, 7) is 3.09. The second kappa shape index (κ2) is 10.7. The Labute approximate surface area is 160 Å². The molecule has 0 spiro atoms. The molecule has 0 unspecified atom stereocenters. The molecule has 0 aromatic heterocycles. The first-order valence-corrected chi connectivity index (χ1v) is 8.67. The van der Waals surface area contributed by atoms with Crippen LogP contribution in [0.2, 0.25) is 0 Å². The number of benzene rings is 2. The number of carbonyl (C=O) groups excluding carboxylic acids is 1. The summed E-state index contributed by atoms with van der Waals surface area (Å²) in [5.74, 6) is 0.289. The Kier molecular flexibility index (Phi) is 7.97. The summed E-state index contributed by atoms with van der Waals surface area (Å²) < 4.78 is 15.8. The van der Waals surface area contributed by atoms with Gasteiger partial charge in [-0.05, 0) is 42.3 Å². The van der Waals surface area contributed by atoms with E-state index in [2.05, 4.69) is 5.32 Å². The summed E-state index contributed by atoms with van der Waals surface area (Å²) in [7, 11) is 2.84. The molecule has 27 heavy (non-hydrogen) atoms. The van der Waals surface area contributed by atoms with Crippen LogP contribution in [0.15, 0.2) is 66.9 Å². The Balaban J connectivity index is 2.10. The normalized spacial score (nSPS) is 11.3. The van der Waals surface area contributed by atoms with E-state index >= 15 is 0 Å². The van der Waals surface area contributed by atoms with Crippen LogP contribution >= 0.6 is 0 Å². The standard InChI is InChI=1S/C22H25NO4/c1-4-5-14-23-18-10-12-19(13-11-18)27-15-17-8-6-7-9-20(17)21(16-25-2)22(24)26-3/h4-13,16,23H,14-15H2,1-3H3/b5-4+,21-16+. The fourth-order valence-corrected chi connectivity index (χ4v) is 2.48. The highest BCUT2D eigenvalue weighted by Crippen LogP contribution is 2.23. The number of nitrogens with one attached hydrogen (secondary N) is 1. The molecule has 0 aliphatic carbocycles. The number of methoxy groups -OCH3 is 2. The maximum Gasteiger partial charge on any atom is 0.341 e. The molecule has 0 saturated heterocycles. The number of carbonyl (C=O) groups is 1. The van der Waals surface area contributed by atoms with E-state index < -0.39 is 5.97 Å². The lowest BCUT2D eigenvalue weighted by Gasteiger charge is -2.13.